The van der Waals surface area contributed by atoms with Crippen molar-refractivity contribution in [1.82, 2.24) is 5.32 Å². The summed E-state index contributed by atoms with van der Waals surface area (Å²) in [6.45, 7) is 6.55. The van der Waals surface area contributed by atoms with Crippen molar-refractivity contribution >= 4 is 23.0 Å². The molecule has 0 heterocycles. The quantitative estimate of drug-likeness (QED) is 0.649. The van der Waals surface area contributed by atoms with Gasteiger partial charge in [-0.15, -0.1) is 0 Å². The first-order valence-corrected chi connectivity index (χ1v) is 9.28. The highest BCUT2D eigenvalue weighted by Crippen LogP contribution is 2.29. The number of hydrogen-bond acceptors (Lipinski definition) is 3. The standard InChI is InChI=1S/C21H28N2O2S/c1-6-14(2)16-7-9-17(10-8-16)15(3)22-21(26)23-19-12-11-18(24-4)13-20(19)25-5/h7-15H,6H2,1-5H3,(H2,22,23,26)/t14-,15+/m0/s1. The minimum atomic E-state index is 0.102. The van der Waals surface area contributed by atoms with E-state index in [1.165, 1.54) is 11.1 Å². The lowest BCUT2D eigenvalue weighted by atomic mass is 9.96. The number of methoxy groups -OCH3 is 2. The molecule has 0 radical (unpaired) electrons. The second kappa shape index (κ2) is 9.43. The van der Waals surface area contributed by atoms with Crippen LogP contribution in [0.25, 0.3) is 0 Å². The van der Waals surface area contributed by atoms with Crippen molar-refractivity contribution < 1.29 is 9.47 Å². The number of rotatable bonds is 7. The van der Waals surface area contributed by atoms with Crippen LogP contribution in [0.1, 0.15) is 50.3 Å². The van der Waals surface area contributed by atoms with E-state index in [-0.39, 0.29) is 6.04 Å². The van der Waals surface area contributed by atoms with Gasteiger partial charge in [-0.1, -0.05) is 38.1 Å². The molecule has 0 aromatic heterocycles. The topological polar surface area (TPSA) is 42.5 Å². The van der Waals surface area contributed by atoms with Gasteiger partial charge in [0, 0.05) is 6.07 Å². The Morgan fingerprint density at radius 1 is 1.00 bits per heavy atom. The second-order valence-corrected chi connectivity index (χ2v) is 6.77. The molecule has 2 aromatic carbocycles. The maximum absolute atomic E-state index is 5.46. The fourth-order valence-corrected chi connectivity index (χ4v) is 2.98. The first-order chi connectivity index (χ1) is 12.5. The zero-order valence-electron chi connectivity index (χ0n) is 16.1. The van der Waals surface area contributed by atoms with Crippen molar-refractivity contribution in [2.24, 2.45) is 0 Å². The Morgan fingerprint density at radius 2 is 1.65 bits per heavy atom. The predicted octanol–water partition coefficient (Wildman–Crippen LogP) is 5.26. The summed E-state index contributed by atoms with van der Waals surface area (Å²) in [5.41, 5.74) is 3.36. The Morgan fingerprint density at radius 3 is 2.23 bits per heavy atom. The Labute approximate surface area is 161 Å². The van der Waals surface area contributed by atoms with Gasteiger partial charge in [-0.3, -0.25) is 0 Å². The molecule has 2 atom stereocenters. The van der Waals surface area contributed by atoms with E-state index in [2.05, 4.69) is 55.7 Å². The largest absolute Gasteiger partial charge is 0.497 e. The Bertz CT molecular complexity index is 731. The highest BCUT2D eigenvalue weighted by atomic mass is 32.1. The molecule has 0 saturated heterocycles. The molecule has 0 bridgehead atoms. The van der Waals surface area contributed by atoms with Gasteiger partial charge in [0.05, 0.1) is 25.9 Å². The Kier molecular flexibility index (Phi) is 7.27. The molecule has 2 N–H and O–H groups in total. The lowest BCUT2D eigenvalue weighted by Crippen LogP contribution is -2.31. The summed E-state index contributed by atoms with van der Waals surface area (Å²) in [6, 6.07) is 14.4. The first-order valence-electron chi connectivity index (χ1n) is 8.87. The third-order valence-corrected chi connectivity index (χ3v) is 4.84. The van der Waals surface area contributed by atoms with E-state index in [0.717, 1.165) is 17.9 Å². The molecule has 0 saturated carbocycles. The molecule has 4 nitrogen and oxygen atoms in total. The molecule has 0 aliphatic heterocycles. The highest BCUT2D eigenvalue weighted by molar-refractivity contribution is 7.80. The third kappa shape index (κ3) is 5.11. The van der Waals surface area contributed by atoms with Gasteiger partial charge in [0.15, 0.2) is 5.11 Å². The lowest BCUT2D eigenvalue weighted by Gasteiger charge is -2.19. The molecule has 5 heteroatoms. The van der Waals surface area contributed by atoms with Crippen molar-refractivity contribution in [2.45, 2.75) is 39.2 Å². The summed E-state index contributed by atoms with van der Waals surface area (Å²) in [5.74, 6) is 2.00. The van der Waals surface area contributed by atoms with Gasteiger partial charge in [-0.25, -0.2) is 0 Å². The average molecular weight is 373 g/mol. The molecule has 26 heavy (non-hydrogen) atoms. The molecule has 0 spiro atoms. The van der Waals surface area contributed by atoms with E-state index >= 15 is 0 Å². The van der Waals surface area contributed by atoms with Crippen LogP contribution in [0, 0.1) is 0 Å². The van der Waals surface area contributed by atoms with Crippen molar-refractivity contribution in [2.75, 3.05) is 19.5 Å². The van der Waals surface area contributed by atoms with Gasteiger partial charge < -0.3 is 20.1 Å². The van der Waals surface area contributed by atoms with E-state index in [1.807, 2.05) is 18.2 Å². The molecule has 140 valence electrons. The van der Waals surface area contributed by atoms with Gasteiger partial charge in [0.2, 0.25) is 0 Å². The molecule has 0 amide bonds. The van der Waals surface area contributed by atoms with Crippen LogP contribution in [0.15, 0.2) is 42.5 Å². The van der Waals surface area contributed by atoms with E-state index in [0.29, 0.717) is 16.8 Å². The summed E-state index contributed by atoms with van der Waals surface area (Å²) in [5, 5.41) is 7.06. The number of nitrogens with one attached hydrogen (secondary N) is 2. The zero-order chi connectivity index (χ0) is 19.1. The van der Waals surface area contributed by atoms with Crippen molar-refractivity contribution in [3.63, 3.8) is 0 Å². The van der Waals surface area contributed by atoms with E-state index < -0.39 is 0 Å². The van der Waals surface area contributed by atoms with Gasteiger partial charge in [-0.05, 0) is 54.7 Å². The maximum atomic E-state index is 5.46. The Hall–Kier alpha value is -2.27. The van der Waals surface area contributed by atoms with Crippen LogP contribution in [0.3, 0.4) is 0 Å². The normalized spacial score (nSPS) is 12.8. The van der Waals surface area contributed by atoms with Crippen LogP contribution in [0.2, 0.25) is 0 Å². The molecule has 2 aromatic rings. The summed E-state index contributed by atoms with van der Waals surface area (Å²) in [7, 11) is 3.25. The second-order valence-electron chi connectivity index (χ2n) is 6.36. The van der Waals surface area contributed by atoms with Crippen LogP contribution in [-0.2, 0) is 0 Å². The molecule has 0 aliphatic carbocycles. The Balaban J connectivity index is 2.01. The smallest absolute Gasteiger partial charge is 0.171 e. The van der Waals surface area contributed by atoms with E-state index in [9.17, 15) is 0 Å². The fraction of sp³-hybridized carbons (Fsp3) is 0.381. The third-order valence-electron chi connectivity index (χ3n) is 4.62. The first kappa shape index (κ1) is 20.0. The molecular weight excluding hydrogens is 344 g/mol. The fourth-order valence-electron chi connectivity index (χ4n) is 2.69. The molecule has 2 rings (SSSR count). The lowest BCUT2D eigenvalue weighted by molar-refractivity contribution is 0.395. The van der Waals surface area contributed by atoms with Crippen molar-refractivity contribution in [1.29, 1.82) is 0 Å². The monoisotopic (exact) mass is 372 g/mol. The molecule has 0 unspecified atom stereocenters. The molecular formula is C21H28N2O2S. The minimum absolute atomic E-state index is 0.102. The van der Waals surface area contributed by atoms with Crippen molar-refractivity contribution in [3.8, 4) is 11.5 Å². The van der Waals surface area contributed by atoms with E-state index in [1.54, 1.807) is 14.2 Å². The summed E-state index contributed by atoms with van der Waals surface area (Å²) in [6.07, 6.45) is 1.14. The maximum Gasteiger partial charge on any atom is 0.171 e. The van der Waals surface area contributed by atoms with Crippen molar-refractivity contribution in [3.05, 3.63) is 53.6 Å². The van der Waals surface area contributed by atoms with E-state index in [4.69, 9.17) is 21.7 Å². The molecule has 0 aliphatic rings. The number of anilines is 1. The SMILES string of the molecule is CC[C@H](C)c1ccc([C@@H](C)NC(=S)Nc2ccc(OC)cc2OC)cc1. The van der Waals surface area contributed by atoms with Crippen LogP contribution < -0.4 is 20.1 Å². The zero-order valence-corrected chi connectivity index (χ0v) is 16.9. The van der Waals surface area contributed by atoms with Gasteiger partial charge in [0.25, 0.3) is 0 Å². The highest BCUT2D eigenvalue weighted by Gasteiger charge is 2.11. The number of ether oxygens (including phenoxy) is 2. The minimum Gasteiger partial charge on any atom is -0.497 e. The van der Waals surface area contributed by atoms with Crippen LogP contribution >= 0.6 is 12.2 Å². The van der Waals surface area contributed by atoms with Gasteiger partial charge in [0.1, 0.15) is 11.5 Å². The number of thiocarbonyl (C=S) groups is 1. The summed E-state index contributed by atoms with van der Waals surface area (Å²) >= 11 is 5.46. The van der Waals surface area contributed by atoms with Gasteiger partial charge in [-0.2, -0.15) is 0 Å². The summed E-state index contributed by atoms with van der Waals surface area (Å²) in [4.78, 5) is 0. The predicted molar refractivity (Wildman–Crippen MR) is 112 cm³/mol. The summed E-state index contributed by atoms with van der Waals surface area (Å²) < 4.78 is 10.6. The van der Waals surface area contributed by atoms with Gasteiger partial charge >= 0.3 is 0 Å². The molecule has 0 fully saturated rings. The van der Waals surface area contributed by atoms with Crippen LogP contribution in [0.4, 0.5) is 5.69 Å². The number of hydrogen-bond donors (Lipinski definition) is 2. The van der Waals surface area contributed by atoms with Crippen LogP contribution in [0.5, 0.6) is 11.5 Å². The van der Waals surface area contributed by atoms with Crippen LogP contribution in [-0.4, -0.2) is 19.3 Å². The average Bonchev–Trinajstić information content (AvgIpc) is 2.67. The number of benzene rings is 2.